The summed E-state index contributed by atoms with van der Waals surface area (Å²) in [4.78, 5) is 31.0. The van der Waals surface area contributed by atoms with Gasteiger partial charge in [0.1, 0.15) is 5.69 Å². The predicted octanol–water partition coefficient (Wildman–Crippen LogP) is 1.70. The summed E-state index contributed by atoms with van der Waals surface area (Å²) in [6.45, 7) is 3.98. The fourth-order valence-corrected chi connectivity index (χ4v) is 3.47. The molecule has 0 atom stereocenters. The van der Waals surface area contributed by atoms with E-state index >= 15 is 0 Å². The van der Waals surface area contributed by atoms with Crippen LogP contribution >= 0.6 is 0 Å². The Balaban J connectivity index is 1.34. The van der Waals surface area contributed by atoms with Crippen LogP contribution in [0, 0.1) is 12.8 Å². The van der Waals surface area contributed by atoms with E-state index in [-0.39, 0.29) is 11.5 Å². The second kappa shape index (κ2) is 6.46. The van der Waals surface area contributed by atoms with Crippen molar-refractivity contribution in [3.05, 3.63) is 45.9 Å². The summed E-state index contributed by atoms with van der Waals surface area (Å²) in [5.74, 6) is 0.883. The number of carbonyl (C=O) groups excluding carboxylic acids is 1. The minimum atomic E-state index is -0.0181. The van der Waals surface area contributed by atoms with E-state index in [4.69, 9.17) is 0 Å². The monoisotopic (exact) mass is 341 g/mol. The molecule has 1 saturated carbocycles. The molecule has 7 nitrogen and oxygen atoms in total. The number of carbonyl (C=O) groups is 1. The summed E-state index contributed by atoms with van der Waals surface area (Å²) in [5, 5.41) is 6.86. The number of aromatic nitrogens is 4. The molecule has 2 aliphatic rings. The van der Waals surface area contributed by atoms with Crippen molar-refractivity contribution in [1.29, 1.82) is 0 Å². The molecule has 0 aromatic carbocycles. The van der Waals surface area contributed by atoms with Crippen molar-refractivity contribution in [3.63, 3.8) is 0 Å². The Morgan fingerprint density at radius 3 is 2.60 bits per heavy atom. The fourth-order valence-electron chi connectivity index (χ4n) is 3.47. The molecule has 2 aromatic heterocycles. The van der Waals surface area contributed by atoms with Gasteiger partial charge in [-0.2, -0.15) is 5.10 Å². The van der Waals surface area contributed by atoms with E-state index in [0.717, 1.165) is 37.1 Å². The highest BCUT2D eigenvalue weighted by atomic mass is 16.2. The quantitative estimate of drug-likeness (QED) is 0.917. The lowest BCUT2D eigenvalue weighted by molar-refractivity contribution is 0.0676. The van der Waals surface area contributed by atoms with E-state index in [9.17, 15) is 9.59 Å². The molecule has 3 heterocycles. The standard InChI is InChI=1S/C18H23N5O2/c1-12-8-16(21-20-12)18(25)22-6-4-13(5-7-22)10-23-11-19-15(9-17(23)24)14-2-3-14/h8-9,11,13-14H,2-7,10H2,1H3,(H,20,21). The molecule has 2 aromatic rings. The first kappa shape index (κ1) is 16.1. The maximum Gasteiger partial charge on any atom is 0.274 e. The number of likely N-dealkylation sites (tertiary alicyclic amines) is 1. The average Bonchev–Trinajstić information content (AvgIpc) is 3.38. The van der Waals surface area contributed by atoms with Crippen LogP contribution in [0.4, 0.5) is 0 Å². The Morgan fingerprint density at radius 2 is 2.00 bits per heavy atom. The number of nitrogens with zero attached hydrogens (tertiary/aromatic N) is 4. The van der Waals surface area contributed by atoms with E-state index in [1.54, 1.807) is 23.0 Å². The maximum absolute atomic E-state index is 12.4. The van der Waals surface area contributed by atoms with Gasteiger partial charge in [0.05, 0.1) is 12.0 Å². The third kappa shape index (κ3) is 3.50. The minimum absolute atomic E-state index is 0.0181. The maximum atomic E-state index is 12.4. The molecule has 0 spiro atoms. The van der Waals surface area contributed by atoms with Crippen LogP contribution < -0.4 is 5.56 Å². The zero-order valence-electron chi connectivity index (χ0n) is 14.4. The number of aromatic amines is 1. The molecule has 2 fully saturated rings. The Bertz CT molecular complexity index is 828. The van der Waals surface area contributed by atoms with Gasteiger partial charge in [-0.05, 0) is 44.6 Å². The Labute approximate surface area is 146 Å². The normalized spacial score (nSPS) is 18.5. The highest BCUT2D eigenvalue weighted by Gasteiger charge is 2.27. The van der Waals surface area contributed by atoms with Crippen molar-refractivity contribution in [3.8, 4) is 0 Å². The van der Waals surface area contributed by atoms with E-state index < -0.39 is 0 Å². The first-order chi connectivity index (χ1) is 12.1. The van der Waals surface area contributed by atoms with E-state index in [2.05, 4.69) is 15.2 Å². The predicted molar refractivity (Wildman–Crippen MR) is 92.4 cm³/mol. The molecule has 1 amide bonds. The average molecular weight is 341 g/mol. The van der Waals surface area contributed by atoms with Crippen molar-refractivity contribution in [1.82, 2.24) is 24.6 Å². The zero-order valence-corrected chi connectivity index (χ0v) is 14.4. The highest BCUT2D eigenvalue weighted by molar-refractivity contribution is 5.92. The van der Waals surface area contributed by atoms with Gasteiger partial charge in [-0.15, -0.1) is 0 Å². The molecule has 0 bridgehead atoms. The third-order valence-corrected chi connectivity index (χ3v) is 5.18. The van der Waals surface area contributed by atoms with Gasteiger partial charge >= 0.3 is 0 Å². The molecule has 1 N–H and O–H groups in total. The van der Waals surface area contributed by atoms with Crippen molar-refractivity contribution in [2.75, 3.05) is 13.1 Å². The number of nitrogens with one attached hydrogen (secondary N) is 1. The summed E-state index contributed by atoms with van der Waals surface area (Å²) in [6, 6.07) is 3.47. The summed E-state index contributed by atoms with van der Waals surface area (Å²) >= 11 is 0. The molecule has 1 aliphatic heterocycles. The molecule has 0 radical (unpaired) electrons. The van der Waals surface area contributed by atoms with Gasteiger partial charge in [0.15, 0.2) is 0 Å². The number of amides is 1. The molecule has 0 unspecified atom stereocenters. The molecule has 1 saturated heterocycles. The first-order valence-electron chi connectivity index (χ1n) is 8.98. The molecular weight excluding hydrogens is 318 g/mol. The Morgan fingerprint density at radius 1 is 1.24 bits per heavy atom. The minimum Gasteiger partial charge on any atom is -0.337 e. The molecule has 132 valence electrons. The van der Waals surface area contributed by atoms with Gasteiger partial charge in [-0.3, -0.25) is 19.3 Å². The molecule has 4 rings (SSSR count). The first-order valence-corrected chi connectivity index (χ1v) is 8.98. The van der Waals surface area contributed by atoms with Crippen molar-refractivity contribution in [2.24, 2.45) is 5.92 Å². The SMILES string of the molecule is Cc1cc(C(=O)N2CCC(Cn3cnc(C4CC4)cc3=O)CC2)n[nH]1. The Hall–Kier alpha value is -2.44. The molecule has 7 heteroatoms. The number of hydrogen-bond donors (Lipinski definition) is 1. The van der Waals surface area contributed by atoms with E-state index in [1.807, 2.05) is 11.8 Å². The largest absolute Gasteiger partial charge is 0.337 e. The van der Waals surface area contributed by atoms with Gasteiger partial charge in [-0.1, -0.05) is 0 Å². The highest BCUT2D eigenvalue weighted by Crippen LogP contribution is 2.38. The van der Waals surface area contributed by atoms with Crippen LogP contribution in [-0.2, 0) is 6.54 Å². The van der Waals surface area contributed by atoms with Crippen LogP contribution in [0.15, 0.2) is 23.3 Å². The molecule has 25 heavy (non-hydrogen) atoms. The van der Waals surface area contributed by atoms with Crippen LogP contribution in [0.1, 0.15) is 53.5 Å². The number of H-pyrrole nitrogens is 1. The smallest absolute Gasteiger partial charge is 0.274 e. The topological polar surface area (TPSA) is 83.9 Å². The Kier molecular flexibility index (Phi) is 4.15. The van der Waals surface area contributed by atoms with Gasteiger partial charge < -0.3 is 4.90 Å². The van der Waals surface area contributed by atoms with E-state index in [0.29, 0.717) is 37.2 Å². The van der Waals surface area contributed by atoms with Crippen molar-refractivity contribution >= 4 is 5.91 Å². The lowest BCUT2D eigenvalue weighted by Crippen LogP contribution is -2.40. The fraction of sp³-hybridized carbons (Fsp3) is 0.556. The van der Waals surface area contributed by atoms with Crippen molar-refractivity contribution < 1.29 is 4.79 Å². The summed E-state index contributed by atoms with van der Waals surface area (Å²) in [6.07, 6.45) is 5.79. The van der Waals surface area contributed by atoms with Gasteiger partial charge in [0, 0.05) is 37.3 Å². The van der Waals surface area contributed by atoms with E-state index in [1.165, 1.54) is 0 Å². The van der Waals surface area contributed by atoms with Gasteiger partial charge in [0.25, 0.3) is 11.5 Å². The van der Waals surface area contributed by atoms with Crippen LogP contribution in [0.2, 0.25) is 0 Å². The van der Waals surface area contributed by atoms with Crippen molar-refractivity contribution in [2.45, 2.75) is 45.1 Å². The van der Waals surface area contributed by atoms with Gasteiger partial charge in [-0.25, -0.2) is 4.98 Å². The number of aryl methyl sites for hydroxylation is 1. The van der Waals surface area contributed by atoms with Crippen LogP contribution in [0.5, 0.6) is 0 Å². The zero-order chi connectivity index (χ0) is 17.4. The van der Waals surface area contributed by atoms with Crippen LogP contribution in [0.3, 0.4) is 0 Å². The number of rotatable bonds is 4. The number of piperidine rings is 1. The molecule has 1 aliphatic carbocycles. The van der Waals surface area contributed by atoms with Gasteiger partial charge in [0.2, 0.25) is 0 Å². The second-order valence-corrected chi connectivity index (χ2v) is 7.25. The third-order valence-electron chi connectivity index (χ3n) is 5.18. The lowest BCUT2D eigenvalue weighted by atomic mass is 9.96. The summed E-state index contributed by atoms with van der Waals surface area (Å²) in [7, 11) is 0. The molecular formula is C18H23N5O2. The lowest BCUT2D eigenvalue weighted by Gasteiger charge is -2.31. The van der Waals surface area contributed by atoms with Crippen LogP contribution in [0.25, 0.3) is 0 Å². The summed E-state index contributed by atoms with van der Waals surface area (Å²) < 4.78 is 1.71. The second-order valence-electron chi connectivity index (χ2n) is 7.25. The summed E-state index contributed by atoms with van der Waals surface area (Å²) in [5.41, 5.74) is 2.35. The number of hydrogen-bond acceptors (Lipinski definition) is 4. The van der Waals surface area contributed by atoms with Crippen LogP contribution in [-0.4, -0.2) is 43.6 Å².